The minimum absolute atomic E-state index is 0.215. The predicted octanol–water partition coefficient (Wildman–Crippen LogP) is 4.37. The zero-order chi connectivity index (χ0) is 15.4. The van der Waals surface area contributed by atoms with Gasteiger partial charge >= 0.3 is 0 Å². The Balaban J connectivity index is 2.20. The number of hydrogen-bond acceptors (Lipinski definition) is 2. The quantitative estimate of drug-likeness (QED) is 0.845. The fourth-order valence-corrected chi connectivity index (χ4v) is 2.75. The lowest BCUT2D eigenvalue weighted by molar-refractivity contribution is 0.236. The summed E-state index contributed by atoms with van der Waals surface area (Å²) in [5.41, 5.74) is 7.52. The molecule has 0 saturated heterocycles. The lowest BCUT2D eigenvalue weighted by Gasteiger charge is -2.28. The number of nitrogens with zero attached hydrogens (tertiary/aromatic N) is 1. The zero-order valence-corrected chi connectivity index (χ0v) is 14.0. The smallest absolute Gasteiger partial charge is 0.128 e. The molecule has 112 valence electrons. The van der Waals surface area contributed by atoms with Gasteiger partial charge in [0.1, 0.15) is 5.82 Å². The minimum atomic E-state index is -0.280. The van der Waals surface area contributed by atoms with Gasteiger partial charge in [0.05, 0.1) is 0 Å². The Kier molecular flexibility index (Phi) is 5.76. The molecule has 0 aliphatic heterocycles. The fourth-order valence-electron chi connectivity index (χ4n) is 2.30. The highest BCUT2D eigenvalue weighted by atomic mass is 79.9. The van der Waals surface area contributed by atoms with Crippen LogP contribution in [0.4, 0.5) is 4.39 Å². The van der Waals surface area contributed by atoms with Crippen LogP contribution in [0.25, 0.3) is 0 Å². The van der Waals surface area contributed by atoms with Gasteiger partial charge in [0.15, 0.2) is 0 Å². The standard InChI is InChI=1S/C16H17BrClFN2/c1-21(10-11-2-4-12(17)5-3-11)16(9-20)14-8-13(18)6-7-15(14)19/h2-8,16H,9-10,20H2,1H3. The molecule has 0 bridgehead atoms. The maximum Gasteiger partial charge on any atom is 0.128 e. The summed E-state index contributed by atoms with van der Waals surface area (Å²) in [4.78, 5) is 2.03. The molecular weight excluding hydrogens is 355 g/mol. The van der Waals surface area contributed by atoms with Crippen molar-refractivity contribution in [1.82, 2.24) is 4.90 Å². The molecule has 1 unspecified atom stereocenters. The normalized spacial score (nSPS) is 12.7. The summed E-state index contributed by atoms with van der Waals surface area (Å²) >= 11 is 9.38. The molecule has 0 spiro atoms. The summed E-state index contributed by atoms with van der Waals surface area (Å²) in [5, 5.41) is 0.516. The van der Waals surface area contributed by atoms with Crippen LogP contribution in [0.2, 0.25) is 5.02 Å². The molecule has 21 heavy (non-hydrogen) atoms. The van der Waals surface area contributed by atoms with Gasteiger partial charge in [0, 0.05) is 34.2 Å². The molecule has 1 atom stereocenters. The zero-order valence-electron chi connectivity index (χ0n) is 11.7. The van der Waals surface area contributed by atoms with Gasteiger partial charge < -0.3 is 5.73 Å². The molecule has 0 aliphatic carbocycles. The first-order valence-corrected chi connectivity index (χ1v) is 7.78. The number of hydrogen-bond donors (Lipinski definition) is 1. The second-order valence-electron chi connectivity index (χ2n) is 4.96. The molecule has 2 nitrogen and oxygen atoms in total. The highest BCUT2D eigenvalue weighted by Crippen LogP contribution is 2.26. The molecule has 0 aromatic heterocycles. The van der Waals surface area contributed by atoms with Crippen LogP contribution < -0.4 is 5.73 Å². The SMILES string of the molecule is CN(Cc1ccc(Br)cc1)C(CN)c1cc(Cl)ccc1F. The fraction of sp³-hybridized carbons (Fsp3) is 0.250. The molecule has 0 saturated carbocycles. The Morgan fingerprint density at radius 3 is 2.52 bits per heavy atom. The summed E-state index contributed by atoms with van der Waals surface area (Å²) in [6, 6.07) is 12.4. The van der Waals surface area contributed by atoms with E-state index in [9.17, 15) is 4.39 Å². The molecule has 0 radical (unpaired) electrons. The summed E-state index contributed by atoms with van der Waals surface area (Å²) in [6.07, 6.45) is 0. The number of likely N-dealkylation sites (N-methyl/N-ethyl adjacent to an activating group) is 1. The van der Waals surface area contributed by atoms with Gasteiger partial charge in [-0.05, 0) is 42.9 Å². The third-order valence-corrected chi connectivity index (χ3v) is 4.18. The van der Waals surface area contributed by atoms with E-state index >= 15 is 0 Å². The maximum absolute atomic E-state index is 14.0. The molecule has 0 heterocycles. The molecule has 0 amide bonds. The Hall–Kier alpha value is -0.940. The average Bonchev–Trinajstić information content (AvgIpc) is 2.46. The first kappa shape index (κ1) is 16.4. The van der Waals surface area contributed by atoms with E-state index in [-0.39, 0.29) is 11.9 Å². The van der Waals surface area contributed by atoms with Crippen LogP contribution in [-0.4, -0.2) is 18.5 Å². The Labute approximate surface area is 137 Å². The predicted molar refractivity (Wildman–Crippen MR) is 88.8 cm³/mol. The third-order valence-electron chi connectivity index (χ3n) is 3.42. The van der Waals surface area contributed by atoms with Crippen LogP contribution in [-0.2, 0) is 6.54 Å². The summed E-state index contributed by atoms with van der Waals surface area (Å²) in [7, 11) is 1.93. The van der Waals surface area contributed by atoms with Crippen molar-refractivity contribution in [1.29, 1.82) is 0 Å². The van der Waals surface area contributed by atoms with Gasteiger partial charge in [-0.2, -0.15) is 0 Å². The van der Waals surface area contributed by atoms with Crippen molar-refractivity contribution in [2.45, 2.75) is 12.6 Å². The molecule has 5 heteroatoms. The maximum atomic E-state index is 14.0. The van der Waals surface area contributed by atoms with Gasteiger partial charge in [0.25, 0.3) is 0 Å². The Morgan fingerprint density at radius 2 is 1.90 bits per heavy atom. The largest absolute Gasteiger partial charge is 0.329 e. The summed E-state index contributed by atoms with van der Waals surface area (Å²) in [6.45, 7) is 1.01. The van der Waals surface area contributed by atoms with E-state index in [1.165, 1.54) is 6.07 Å². The van der Waals surface area contributed by atoms with E-state index < -0.39 is 0 Å². The number of benzene rings is 2. The highest BCUT2D eigenvalue weighted by molar-refractivity contribution is 9.10. The van der Waals surface area contributed by atoms with Gasteiger partial charge in [-0.25, -0.2) is 4.39 Å². The van der Waals surface area contributed by atoms with Gasteiger partial charge in [-0.1, -0.05) is 39.7 Å². The molecule has 2 N–H and O–H groups in total. The monoisotopic (exact) mass is 370 g/mol. The van der Waals surface area contributed by atoms with Gasteiger partial charge in [-0.3, -0.25) is 4.90 Å². The van der Waals surface area contributed by atoms with Crippen molar-refractivity contribution < 1.29 is 4.39 Å². The minimum Gasteiger partial charge on any atom is -0.329 e. The number of rotatable bonds is 5. The first-order valence-electron chi connectivity index (χ1n) is 6.61. The Bertz CT molecular complexity index is 604. The van der Waals surface area contributed by atoms with Crippen molar-refractivity contribution >= 4 is 27.5 Å². The van der Waals surface area contributed by atoms with Crippen molar-refractivity contribution in [2.75, 3.05) is 13.6 Å². The molecule has 2 rings (SSSR count). The molecule has 2 aromatic rings. The summed E-state index contributed by atoms with van der Waals surface area (Å²) < 4.78 is 15.0. The second kappa shape index (κ2) is 7.36. The summed E-state index contributed by atoms with van der Waals surface area (Å²) in [5.74, 6) is -0.280. The molecule has 0 fully saturated rings. The van der Waals surface area contributed by atoms with E-state index in [0.29, 0.717) is 23.7 Å². The average molecular weight is 372 g/mol. The van der Waals surface area contributed by atoms with Crippen LogP contribution in [0.5, 0.6) is 0 Å². The van der Waals surface area contributed by atoms with E-state index in [1.807, 2.05) is 36.2 Å². The number of halogens is 3. The topological polar surface area (TPSA) is 29.3 Å². The van der Waals surface area contributed by atoms with Crippen LogP contribution in [0, 0.1) is 5.82 Å². The van der Waals surface area contributed by atoms with Gasteiger partial charge in [-0.15, -0.1) is 0 Å². The number of nitrogens with two attached hydrogens (primary N) is 1. The van der Waals surface area contributed by atoms with Crippen LogP contribution in [0.15, 0.2) is 46.9 Å². The first-order chi connectivity index (χ1) is 10.0. The lowest BCUT2D eigenvalue weighted by Crippen LogP contribution is -2.30. The van der Waals surface area contributed by atoms with Crippen LogP contribution >= 0.6 is 27.5 Å². The second-order valence-corrected chi connectivity index (χ2v) is 6.31. The van der Waals surface area contributed by atoms with Crippen molar-refractivity contribution in [3.63, 3.8) is 0 Å². The van der Waals surface area contributed by atoms with E-state index in [4.69, 9.17) is 17.3 Å². The molecule has 0 aliphatic rings. The molecular formula is C16H17BrClFN2. The van der Waals surface area contributed by atoms with E-state index in [0.717, 1.165) is 10.0 Å². The van der Waals surface area contributed by atoms with E-state index in [1.54, 1.807) is 12.1 Å². The van der Waals surface area contributed by atoms with Crippen molar-refractivity contribution in [2.24, 2.45) is 5.73 Å². The van der Waals surface area contributed by atoms with E-state index in [2.05, 4.69) is 15.9 Å². The lowest BCUT2D eigenvalue weighted by atomic mass is 10.0. The highest BCUT2D eigenvalue weighted by Gasteiger charge is 2.19. The van der Waals surface area contributed by atoms with Crippen LogP contribution in [0.3, 0.4) is 0 Å². The van der Waals surface area contributed by atoms with Crippen LogP contribution in [0.1, 0.15) is 17.2 Å². The molecule has 2 aromatic carbocycles. The van der Waals surface area contributed by atoms with Crippen molar-refractivity contribution in [3.8, 4) is 0 Å². The van der Waals surface area contributed by atoms with Crippen molar-refractivity contribution in [3.05, 3.63) is 68.9 Å². The van der Waals surface area contributed by atoms with Gasteiger partial charge in [0.2, 0.25) is 0 Å². The third kappa shape index (κ3) is 4.27. The Morgan fingerprint density at radius 1 is 1.24 bits per heavy atom.